The number of likely N-dealkylation sites (N-methyl/N-ethyl adjacent to an activating group) is 1. The van der Waals surface area contributed by atoms with Crippen LogP contribution in [0.1, 0.15) is 5.56 Å². The Labute approximate surface area is 199 Å². The van der Waals surface area contributed by atoms with Crippen LogP contribution in [0.3, 0.4) is 0 Å². The molecule has 2 aromatic heterocycles. The molecule has 2 N–H and O–H groups in total. The molecule has 2 aliphatic heterocycles. The molecule has 0 amide bonds. The fourth-order valence-electron chi connectivity index (χ4n) is 4.04. The predicted octanol–water partition coefficient (Wildman–Crippen LogP) is 1.89. The molecule has 5 rings (SSSR count). The third-order valence-electron chi connectivity index (χ3n) is 6.10. The maximum absolute atomic E-state index is 6.16. The van der Waals surface area contributed by atoms with Crippen molar-refractivity contribution in [1.29, 1.82) is 0 Å². The highest BCUT2D eigenvalue weighted by molar-refractivity contribution is 5.60. The molecule has 1 aromatic carbocycles. The van der Waals surface area contributed by atoms with Gasteiger partial charge in [-0.25, -0.2) is 15.0 Å². The first-order chi connectivity index (χ1) is 16.6. The smallest absolute Gasteiger partial charge is 0.229 e. The van der Waals surface area contributed by atoms with E-state index in [2.05, 4.69) is 48.8 Å². The molecule has 3 aromatic rings. The summed E-state index contributed by atoms with van der Waals surface area (Å²) >= 11 is 0. The van der Waals surface area contributed by atoms with Crippen LogP contribution >= 0.6 is 0 Å². The number of hydrogen-bond donors (Lipinski definition) is 1. The molecule has 178 valence electrons. The third kappa shape index (κ3) is 5.58. The number of anilines is 2. The normalized spacial score (nSPS) is 17.6. The Morgan fingerprint density at radius 3 is 2.35 bits per heavy atom. The highest BCUT2D eigenvalue weighted by atomic mass is 16.5. The Hall–Kier alpha value is -3.34. The minimum Gasteiger partial charge on any atom is -0.439 e. The number of hydrogen-bond acceptors (Lipinski definition) is 10. The molecule has 0 spiro atoms. The summed E-state index contributed by atoms with van der Waals surface area (Å²) in [6.07, 6.45) is 3.31. The van der Waals surface area contributed by atoms with E-state index in [1.54, 1.807) is 18.5 Å². The van der Waals surface area contributed by atoms with Crippen LogP contribution in [0.15, 0.2) is 42.7 Å². The van der Waals surface area contributed by atoms with Gasteiger partial charge in [0.2, 0.25) is 17.8 Å². The molecule has 10 heteroatoms. The van der Waals surface area contributed by atoms with Crippen LogP contribution < -0.4 is 15.4 Å². The second-order valence-electron chi connectivity index (χ2n) is 8.65. The molecule has 0 unspecified atom stereocenters. The zero-order valence-corrected chi connectivity index (χ0v) is 19.4. The van der Waals surface area contributed by atoms with Crippen LogP contribution in [0.5, 0.6) is 11.6 Å². The highest BCUT2D eigenvalue weighted by Crippen LogP contribution is 2.27. The van der Waals surface area contributed by atoms with Crippen molar-refractivity contribution in [3.05, 3.63) is 48.3 Å². The Morgan fingerprint density at radius 1 is 0.941 bits per heavy atom. The first-order valence-electron chi connectivity index (χ1n) is 11.6. The topological polar surface area (TPSA) is 106 Å². The quantitative estimate of drug-likeness (QED) is 0.584. The Morgan fingerprint density at radius 2 is 1.65 bits per heavy atom. The van der Waals surface area contributed by atoms with E-state index in [9.17, 15) is 0 Å². The fourth-order valence-corrected chi connectivity index (χ4v) is 4.04. The zero-order valence-electron chi connectivity index (χ0n) is 19.4. The van der Waals surface area contributed by atoms with Crippen molar-refractivity contribution in [3.63, 3.8) is 0 Å². The predicted molar refractivity (Wildman–Crippen MR) is 130 cm³/mol. The number of ether oxygens (including phenoxy) is 2. The van der Waals surface area contributed by atoms with E-state index in [4.69, 9.17) is 20.2 Å². The van der Waals surface area contributed by atoms with E-state index in [1.807, 2.05) is 12.1 Å². The van der Waals surface area contributed by atoms with Gasteiger partial charge in [-0.1, -0.05) is 12.1 Å². The van der Waals surface area contributed by atoms with Gasteiger partial charge >= 0.3 is 0 Å². The molecule has 0 atom stereocenters. The van der Waals surface area contributed by atoms with Crippen molar-refractivity contribution in [2.45, 2.75) is 6.54 Å². The lowest BCUT2D eigenvalue weighted by molar-refractivity contribution is 0.122. The summed E-state index contributed by atoms with van der Waals surface area (Å²) < 4.78 is 11.6. The van der Waals surface area contributed by atoms with Gasteiger partial charge in [0, 0.05) is 69.8 Å². The average molecular weight is 463 g/mol. The summed E-state index contributed by atoms with van der Waals surface area (Å²) in [6, 6.07) is 10.0. The second kappa shape index (κ2) is 10.3. The lowest BCUT2D eigenvalue weighted by Gasteiger charge is -2.32. The minimum atomic E-state index is 0.222. The van der Waals surface area contributed by atoms with Gasteiger partial charge in [-0.05, 0) is 24.7 Å². The van der Waals surface area contributed by atoms with E-state index < -0.39 is 0 Å². The molecular weight excluding hydrogens is 432 g/mol. The van der Waals surface area contributed by atoms with Gasteiger partial charge < -0.3 is 25.0 Å². The van der Waals surface area contributed by atoms with Crippen LogP contribution in [0.25, 0.3) is 11.3 Å². The molecule has 34 heavy (non-hydrogen) atoms. The summed E-state index contributed by atoms with van der Waals surface area (Å²) in [5.74, 6) is 2.02. The summed E-state index contributed by atoms with van der Waals surface area (Å²) in [5, 5.41) is 0. The van der Waals surface area contributed by atoms with E-state index in [0.717, 1.165) is 57.1 Å². The minimum absolute atomic E-state index is 0.222. The summed E-state index contributed by atoms with van der Waals surface area (Å²) in [5.41, 5.74) is 8.35. The Bertz CT molecular complexity index is 1080. The lowest BCUT2D eigenvalue weighted by atomic mass is 10.2. The van der Waals surface area contributed by atoms with E-state index in [-0.39, 0.29) is 5.95 Å². The van der Waals surface area contributed by atoms with Crippen LogP contribution in [0.4, 0.5) is 11.9 Å². The Balaban J connectivity index is 1.34. The molecule has 10 nitrogen and oxygen atoms in total. The largest absolute Gasteiger partial charge is 0.439 e. The van der Waals surface area contributed by atoms with Gasteiger partial charge in [0.25, 0.3) is 0 Å². The van der Waals surface area contributed by atoms with Gasteiger partial charge in [0.05, 0.1) is 18.9 Å². The van der Waals surface area contributed by atoms with Gasteiger partial charge in [-0.15, -0.1) is 0 Å². The SMILES string of the molecule is CN1CCN(Cc2ccc(Oc3cc(-c4cnc(N)nc4)nc(N4CCOCC4)n3)cc2)CC1. The molecule has 2 fully saturated rings. The molecule has 4 heterocycles. The molecule has 0 radical (unpaired) electrons. The summed E-state index contributed by atoms with van der Waals surface area (Å²) in [6.45, 7) is 8.10. The van der Waals surface area contributed by atoms with Crippen LogP contribution in [0.2, 0.25) is 0 Å². The van der Waals surface area contributed by atoms with Crippen molar-refractivity contribution in [2.24, 2.45) is 0 Å². The van der Waals surface area contributed by atoms with Crippen molar-refractivity contribution in [2.75, 3.05) is 70.2 Å². The van der Waals surface area contributed by atoms with Crippen molar-refractivity contribution >= 4 is 11.9 Å². The van der Waals surface area contributed by atoms with Crippen molar-refractivity contribution < 1.29 is 9.47 Å². The van der Waals surface area contributed by atoms with Gasteiger partial charge in [0.1, 0.15) is 5.75 Å². The zero-order chi connectivity index (χ0) is 23.3. The summed E-state index contributed by atoms with van der Waals surface area (Å²) in [7, 11) is 2.17. The van der Waals surface area contributed by atoms with Crippen LogP contribution in [-0.2, 0) is 11.3 Å². The van der Waals surface area contributed by atoms with Crippen molar-refractivity contribution in [3.8, 4) is 22.9 Å². The van der Waals surface area contributed by atoms with Crippen LogP contribution in [-0.4, -0.2) is 89.3 Å². The molecule has 0 bridgehead atoms. The van der Waals surface area contributed by atoms with E-state index in [1.165, 1.54) is 5.56 Å². The number of morpholine rings is 1. The number of nitrogens with zero attached hydrogens (tertiary/aromatic N) is 7. The molecule has 0 aliphatic carbocycles. The van der Waals surface area contributed by atoms with E-state index >= 15 is 0 Å². The highest BCUT2D eigenvalue weighted by Gasteiger charge is 2.18. The van der Waals surface area contributed by atoms with Crippen molar-refractivity contribution in [1.82, 2.24) is 29.7 Å². The monoisotopic (exact) mass is 462 g/mol. The molecular formula is C24H30N8O2. The second-order valence-corrected chi connectivity index (χ2v) is 8.65. The number of aromatic nitrogens is 4. The maximum Gasteiger partial charge on any atom is 0.229 e. The number of nitrogen functional groups attached to an aromatic ring is 1. The average Bonchev–Trinajstić information content (AvgIpc) is 2.87. The first kappa shape index (κ1) is 22.5. The molecule has 2 aliphatic rings. The van der Waals surface area contributed by atoms with Crippen LogP contribution in [0, 0.1) is 0 Å². The van der Waals surface area contributed by atoms with Gasteiger partial charge in [0.15, 0.2) is 0 Å². The standard InChI is InChI=1S/C24H30N8O2/c1-30-6-8-31(9-7-30)17-18-2-4-20(5-3-18)34-22-14-21(19-15-26-23(25)27-16-19)28-24(29-22)32-10-12-33-13-11-32/h2-5,14-16H,6-13,17H2,1H3,(H2,25,26,27). The molecule has 2 saturated heterocycles. The number of benzene rings is 1. The third-order valence-corrected chi connectivity index (χ3v) is 6.10. The fraction of sp³-hybridized carbons (Fsp3) is 0.417. The lowest BCUT2D eigenvalue weighted by Crippen LogP contribution is -2.43. The maximum atomic E-state index is 6.16. The number of nitrogens with two attached hydrogens (primary N) is 1. The molecule has 0 saturated carbocycles. The Kier molecular flexibility index (Phi) is 6.79. The number of piperazine rings is 1. The van der Waals surface area contributed by atoms with Gasteiger partial charge in [-0.2, -0.15) is 4.98 Å². The van der Waals surface area contributed by atoms with E-state index in [0.29, 0.717) is 30.7 Å². The summed E-state index contributed by atoms with van der Waals surface area (Å²) in [4.78, 5) is 24.5. The first-order valence-corrected chi connectivity index (χ1v) is 11.6. The number of rotatable bonds is 6. The van der Waals surface area contributed by atoms with Gasteiger partial charge in [-0.3, -0.25) is 4.90 Å².